The predicted molar refractivity (Wildman–Crippen MR) is 104 cm³/mol. The first kappa shape index (κ1) is 19.6. The Morgan fingerprint density at radius 1 is 1.07 bits per heavy atom. The molecule has 0 aliphatic carbocycles. The monoisotopic (exact) mass is 444 g/mol. The molecule has 3 aromatic rings. The molecule has 0 fully saturated rings. The summed E-state index contributed by atoms with van der Waals surface area (Å²) in [6, 6.07) is 13.4. The minimum atomic E-state index is -0.447. The number of amides is 2. The van der Waals surface area contributed by atoms with Gasteiger partial charge in [-0.3, -0.25) is 20.4 Å². The summed E-state index contributed by atoms with van der Waals surface area (Å²) in [5.74, 6) is 0.686. The number of carbonyl (C=O) groups is 2. The van der Waals surface area contributed by atoms with Crippen molar-refractivity contribution in [3.8, 4) is 5.75 Å². The summed E-state index contributed by atoms with van der Waals surface area (Å²) < 4.78 is 11.2. The molecule has 0 spiro atoms. The quantitative estimate of drug-likeness (QED) is 0.565. The van der Waals surface area contributed by atoms with Crippen LogP contribution in [0.2, 0.25) is 0 Å². The van der Waals surface area contributed by atoms with Crippen LogP contribution in [0.25, 0.3) is 0 Å². The van der Waals surface area contributed by atoms with Gasteiger partial charge in [-0.2, -0.15) is 4.98 Å². The molecule has 2 amide bonds. The van der Waals surface area contributed by atoms with Crippen LogP contribution in [0.4, 0.5) is 0 Å². The molecule has 144 valence electrons. The van der Waals surface area contributed by atoms with Crippen molar-refractivity contribution in [3.63, 3.8) is 0 Å². The highest BCUT2D eigenvalue weighted by Crippen LogP contribution is 2.16. The van der Waals surface area contributed by atoms with Gasteiger partial charge in [-0.25, -0.2) is 0 Å². The van der Waals surface area contributed by atoms with Crippen LogP contribution in [-0.2, 0) is 13.0 Å². The molecule has 0 atom stereocenters. The van der Waals surface area contributed by atoms with Gasteiger partial charge in [0, 0.05) is 16.5 Å². The lowest BCUT2D eigenvalue weighted by molar-refractivity contribution is 0.0846. The van der Waals surface area contributed by atoms with E-state index in [1.54, 1.807) is 48.5 Å². The minimum Gasteiger partial charge on any atom is -0.485 e. The van der Waals surface area contributed by atoms with Crippen molar-refractivity contribution in [3.05, 3.63) is 75.8 Å². The smallest absolute Gasteiger partial charge is 0.270 e. The molecule has 2 aromatic carbocycles. The van der Waals surface area contributed by atoms with Crippen molar-refractivity contribution in [1.29, 1.82) is 0 Å². The van der Waals surface area contributed by atoms with Gasteiger partial charge in [0.15, 0.2) is 6.61 Å². The van der Waals surface area contributed by atoms with Gasteiger partial charge in [-0.15, -0.1) is 0 Å². The standard InChI is InChI=1S/C19H17BrN4O4/c1-2-17-21-16(24-28-17)11-27-13-9-7-12(8-10-13)18(25)22-23-19(26)14-5-3-4-6-15(14)20/h3-10H,2,11H2,1H3,(H,22,25)(H,23,26). The number of nitrogens with zero attached hydrogens (tertiary/aromatic N) is 2. The molecular weight excluding hydrogens is 428 g/mol. The summed E-state index contributed by atoms with van der Waals surface area (Å²) in [6.07, 6.45) is 0.661. The number of hydrazine groups is 1. The van der Waals surface area contributed by atoms with Crippen LogP contribution in [-0.4, -0.2) is 22.0 Å². The molecule has 1 aromatic heterocycles. The molecule has 28 heavy (non-hydrogen) atoms. The average molecular weight is 445 g/mol. The second kappa shape index (κ2) is 9.14. The Morgan fingerprint density at radius 2 is 1.79 bits per heavy atom. The molecule has 0 saturated heterocycles. The zero-order valence-electron chi connectivity index (χ0n) is 14.9. The molecule has 2 N–H and O–H groups in total. The topological polar surface area (TPSA) is 106 Å². The van der Waals surface area contributed by atoms with Crippen LogP contribution in [0, 0.1) is 0 Å². The molecular formula is C19H17BrN4O4. The van der Waals surface area contributed by atoms with Gasteiger partial charge in [0.2, 0.25) is 11.7 Å². The maximum atomic E-state index is 12.2. The van der Waals surface area contributed by atoms with Crippen molar-refractivity contribution in [2.45, 2.75) is 20.0 Å². The van der Waals surface area contributed by atoms with Gasteiger partial charge < -0.3 is 9.26 Å². The fraction of sp³-hybridized carbons (Fsp3) is 0.158. The van der Waals surface area contributed by atoms with Gasteiger partial charge in [0.25, 0.3) is 11.8 Å². The van der Waals surface area contributed by atoms with Gasteiger partial charge in [-0.1, -0.05) is 24.2 Å². The summed E-state index contributed by atoms with van der Waals surface area (Å²) in [4.78, 5) is 28.4. The molecule has 1 heterocycles. The number of halogens is 1. The normalized spacial score (nSPS) is 10.4. The van der Waals surface area contributed by atoms with Gasteiger partial charge in [0.1, 0.15) is 5.75 Å². The van der Waals surface area contributed by atoms with Crippen molar-refractivity contribution in [1.82, 2.24) is 21.0 Å². The lowest BCUT2D eigenvalue weighted by Gasteiger charge is -2.09. The molecule has 0 saturated carbocycles. The minimum absolute atomic E-state index is 0.164. The summed E-state index contributed by atoms with van der Waals surface area (Å²) >= 11 is 3.29. The summed E-state index contributed by atoms with van der Waals surface area (Å²) in [5.41, 5.74) is 5.54. The van der Waals surface area contributed by atoms with E-state index in [-0.39, 0.29) is 6.61 Å². The summed E-state index contributed by atoms with van der Waals surface area (Å²) in [7, 11) is 0. The predicted octanol–water partition coefficient (Wildman–Crippen LogP) is 3.05. The van der Waals surface area contributed by atoms with E-state index in [2.05, 4.69) is 36.9 Å². The van der Waals surface area contributed by atoms with Crippen LogP contribution < -0.4 is 15.6 Å². The first-order valence-electron chi connectivity index (χ1n) is 8.46. The number of carbonyl (C=O) groups excluding carboxylic acids is 2. The number of rotatable bonds is 6. The average Bonchev–Trinajstić information content (AvgIpc) is 3.19. The highest BCUT2D eigenvalue weighted by Gasteiger charge is 2.12. The Labute approximate surface area is 169 Å². The lowest BCUT2D eigenvalue weighted by atomic mass is 10.2. The Bertz CT molecular complexity index is 972. The van der Waals surface area contributed by atoms with Gasteiger partial charge in [-0.05, 0) is 52.3 Å². The third-order valence-corrected chi connectivity index (χ3v) is 4.40. The Morgan fingerprint density at radius 3 is 2.46 bits per heavy atom. The molecule has 3 rings (SSSR count). The van der Waals surface area contributed by atoms with E-state index in [1.165, 1.54) is 0 Å². The highest BCUT2D eigenvalue weighted by atomic mass is 79.9. The molecule has 0 aliphatic rings. The van der Waals surface area contributed by atoms with E-state index in [1.807, 2.05) is 6.92 Å². The van der Waals surface area contributed by atoms with E-state index < -0.39 is 11.8 Å². The van der Waals surface area contributed by atoms with E-state index in [4.69, 9.17) is 9.26 Å². The second-order valence-corrected chi connectivity index (χ2v) is 6.51. The number of aryl methyl sites for hydroxylation is 1. The number of benzene rings is 2. The van der Waals surface area contributed by atoms with Crippen LogP contribution >= 0.6 is 15.9 Å². The third kappa shape index (κ3) is 4.95. The Kier molecular flexibility index (Phi) is 6.38. The fourth-order valence-corrected chi connectivity index (χ4v) is 2.71. The first-order valence-corrected chi connectivity index (χ1v) is 9.25. The third-order valence-electron chi connectivity index (χ3n) is 3.71. The SMILES string of the molecule is CCc1nc(COc2ccc(C(=O)NNC(=O)c3ccccc3Br)cc2)no1. The Balaban J connectivity index is 1.52. The number of nitrogens with one attached hydrogen (secondary N) is 2. The fourth-order valence-electron chi connectivity index (χ4n) is 2.24. The van der Waals surface area contributed by atoms with Gasteiger partial charge >= 0.3 is 0 Å². The van der Waals surface area contributed by atoms with E-state index in [9.17, 15) is 9.59 Å². The zero-order chi connectivity index (χ0) is 19.9. The summed E-state index contributed by atoms with van der Waals surface area (Å²) in [5, 5.41) is 3.80. The maximum absolute atomic E-state index is 12.2. The number of ether oxygens (including phenoxy) is 1. The molecule has 9 heteroatoms. The van der Waals surface area contributed by atoms with Gasteiger partial charge in [0.05, 0.1) is 5.56 Å². The highest BCUT2D eigenvalue weighted by molar-refractivity contribution is 9.10. The molecule has 0 unspecified atom stereocenters. The van der Waals surface area contributed by atoms with Crippen LogP contribution in [0.5, 0.6) is 5.75 Å². The lowest BCUT2D eigenvalue weighted by Crippen LogP contribution is -2.41. The van der Waals surface area contributed by atoms with Crippen molar-refractivity contribution >= 4 is 27.7 Å². The summed E-state index contributed by atoms with van der Waals surface area (Å²) in [6.45, 7) is 2.08. The van der Waals surface area contributed by atoms with E-state index in [0.717, 1.165) is 0 Å². The largest absolute Gasteiger partial charge is 0.485 e. The molecule has 0 radical (unpaired) electrons. The van der Waals surface area contributed by atoms with Crippen LogP contribution in [0.3, 0.4) is 0 Å². The Hall–Kier alpha value is -3.20. The molecule has 0 aliphatic heterocycles. The molecule has 0 bridgehead atoms. The number of hydrogen-bond acceptors (Lipinski definition) is 6. The van der Waals surface area contributed by atoms with E-state index >= 15 is 0 Å². The van der Waals surface area contributed by atoms with Crippen molar-refractivity contribution in [2.24, 2.45) is 0 Å². The maximum Gasteiger partial charge on any atom is 0.270 e. The second-order valence-electron chi connectivity index (χ2n) is 5.66. The number of aromatic nitrogens is 2. The molecule has 8 nitrogen and oxygen atoms in total. The van der Waals surface area contributed by atoms with Crippen LogP contribution in [0.1, 0.15) is 39.4 Å². The van der Waals surface area contributed by atoms with Crippen molar-refractivity contribution in [2.75, 3.05) is 0 Å². The van der Waals surface area contributed by atoms with Crippen molar-refractivity contribution < 1.29 is 18.8 Å². The van der Waals surface area contributed by atoms with E-state index in [0.29, 0.717) is 39.5 Å². The first-order chi connectivity index (χ1) is 13.6. The zero-order valence-corrected chi connectivity index (χ0v) is 16.5. The van der Waals surface area contributed by atoms with Crippen LogP contribution in [0.15, 0.2) is 57.5 Å². The number of hydrogen-bond donors (Lipinski definition) is 2.